The van der Waals surface area contributed by atoms with Crippen LogP contribution in [0.1, 0.15) is 13.8 Å². The minimum atomic E-state index is -1.12. The summed E-state index contributed by atoms with van der Waals surface area (Å²) < 4.78 is 0.734. The van der Waals surface area contributed by atoms with Crippen LogP contribution in [0.2, 0.25) is 0 Å². The predicted molar refractivity (Wildman–Crippen MR) is 103 cm³/mol. The average Bonchev–Trinajstić information content (AvgIpc) is 3.18. The number of β-lactam (4-membered cyclic amide) rings is 1. The number of carboxylic acid groups (broad SMARTS) is 1. The summed E-state index contributed by atoms with van der Waals surface area (Å²) in [6.45, 7) is 3.48. The van der Waals surface area contributed by atoms with Gasteiger partial charge in [-0.3, -0.25) is 4.79 Å². The molecule has 3 heterocycles. The summed E-state index contributed by atoms with van der Waals surface area (Å²) in [4.78, 5) is 30.8. The Morgan fingerprint density at radius 1 is 1.33 bits per heavy atom. The number of aromatic nitrogens is 1. The van der Waals surface area contributed by atoms with Gasteiger partial charge >= 0.3 is 5.97 Å². The summed E-state index contributed by atoms with van der Waals surface area (Å²) in [7, 11) is 0. The van der Waals surface area contributed by atoms with Gasteiger partial charge in [-0.05, 0) is 6.92 Å². The zero-order chi connectivity index (χ0) is 19.3. The largest absolute Gasteiger partial charge is 0.477 e. The minimum absolute atomic E-state index is 0.0239. The maximum atomic E-state index is 12.4. The van der Waals surface area contributed by atoms with Crippen LogP contribution in [0.25, 0.3) is 11.3 Å². The van der Waals surface area contributed by atoms with Gasteiger partial charge in [0.15, 0.2) is 4.34 Å². The van der Waals surface area contributed by atoms with Crippen LogP contribution in [-0.2, 0) is 9.59 Å². The van der Waals surface area contributed by atoms with E-state index in [1.54, 1.807) is 6.92 Å². The van der Waals surface area contributed by atoms with Crippen LogP contribution in [0.15, 0.2) is 50.7 Å². The number of hydrogen-bond acceptors (Lipinski definition) is 6. The van der Waals surface area contributed by atoms with Crippen molar-refractivity contribution in [2.45, 2.75) is 30.3 Å². The summed E-state index contributed by atoms with van der Waals surface area (Å²) >= 11 is 2.75. The lowest BCUT2D eigenvalue weighted by atomic mass is 9.79. The zero-order valence-corrected chi connectivity index (χ0v) is 16.3. The molecule has 2 N–H and O–H groups in total. The van der Waals surface area contributed by atoms with E-state index in [9.17, 15) is 19.8 Å². The number of carbonyl (C=O) groups is 2. The molecule has 0 saturated carbocycles. The lowest BCUT2D eigenvalue weighted by Crippen LogP contribution is -2.63. The number of rotatable bonds is 5. The maximum Gasteiger partial charge on any atom is 0.353 e. The molecule has 140 valence electrons. The zero-order valence-electron chi connectivity index (χ0n) is 14.7. The molecule has 2 aliphatic rings. The second-order valence-electron chi connectivity index (χ2n) is 6.74. The SMILES string of the molecule is CC(O)[C@H]1C(=O)N2C(C(=O)O)=C(Sc3nc(-c4ccccc4)cs3)[C@H](C)[C@H]12. The second-order valence-corrected chi connectivity index (χ2v) is 8.89. The Morgan fingerprint density at radius 2 is 2.04 bits per heavy atom. The molecule has 2 aromatic rings. The van der Waals surface area contributed by atoms with Gasteiger partial charge in [0.1, 0.15) is 5.70 Å². The fraction of sp³-hybridized carbons (Fsp3) is 0.316. The van der Waals surface area contributed by atoms with Crippen LogP contribution in [0.5, 0.6) is 0 Å². The third kappa shape index (κ3) is 2.88. The van der Waals surface area contributed by atoms with Crippen molar-refractivity contribution in [2.75, 3.05) is 0 Å². The standard InChI is InChI=1S/C19H18N2O4S2/c1-9-14-13(10(2)22)17(23)21(14)15(18(24)25)16(9)27-19-20-12(8-26-19)11-6-4-3-5-7-11/h3-10,13-14,22H,1-2H3,(H,24,25)/t9-,10?,13-,14-/m1/s1. The first kappa shape index (κ1) is 18.2. The van der Waals surface area contributed by atoms with Gasteiger partial charge in [0.2, 0.25) is 5.91 Å². The number of carboxylic acids is 1. The van der Waals surface area contributed by atoms with Crippen LogP contribution >= 0.6 is 23.1 Å². The number of carbonyl (C=O) groups excluding carboxylic acids is 1. The van der Waals surface area contributed by atoms with Crippen LogP contribution in [0.3, 0.4) is 0 Å². The van der Waals surface area contributed by atoms with Gasteiger partial charge in [0, 0.05) is 21.8 Å². The van der Waals surface area contributed by atoms with Gasteiger partial charge in [0.25, 0.3) is 0 Å². The smallest absolute Gasteiger partial charge is 0.353 e. The Bertz CT molecular complexity index is 938. The van der Waals surface area contributed by atoms with Crippen LogP contribution in [-0.4, -0.2) is 44.1 Å². The second kappa shape index (κ2) is 6.78. The predicted octanol–water partition coefficient (Wildman–Crippen LogP) is 3.06. The van der Waals surface area contributed by atoms with E-state index in [-0.39, 0.29) is 23.6 Å². The van der Waals surface area contributed by atoms with Gasteiger partial charge in [0.05, 0.1) is 23.8 Å². The van der Waals surface area contributed by atoms with Crippen molar-refractivity contribution in [2.24, 2.45) is 11.8 Å². The molecule has 0 radical (unpaired) electrons. The number of thiazole rings is 1. The van der Waals surface area contributed by atoms with E-state index < -0.39 is 18.0 Å². The van der Waals surface area contributed by atoms with Crippen molar-refractivity contribution < 1.29 is 19.8 Å². The number of aliphatic carboxylic acids is 1. The highest BCUT2D eigenvalue weighted by atomic mass is 32.2. The van der Waals surface area contributed by atoms with Gasteiger partial charge in [-0.1, -0.05) is 49.0 Å². The highest BCUT2D eigenvalue weighted by molar-refractivity contribution is 8.04. The number of nitrogens with zero attached hydrogens (tertiary/aromatic N) is 2. The van der Waals surface area contributed by atoms with Crippen molar-refractivity contribution >= 4 is 35.0 Å². The number of fused-ring (bicyclic) bond motifs is 1. The quantitative estimate of drug-likeness (QED) is 0.747. The Hall–Kier alpha value is -2.16. The van der Waals surface area contributed by atoms with Crippen molar-refractivity contribution in [3.63, 3.8) is 0 Å². The molecule has 1 aromatic heterocycles. The molecule has 1 amide bonds. The number of benzene rings is 1. The third-order valence-corrected chi connectivity index (χ3v) is 7.28. The number of amides is 1. The molecule has 1 unspecified atom stereocenters. The molecule has 0 spiro atoms. The van der Waals surface area contributed by atoms with Crippen LogP contribution < -0.4 is 0 Å². The first-order valence-electron chi connectivity index (χ1n) is 8.57. The summed E-state index contributed by atoms with van der Waals surface area (Å²) in [5.74, 6) is -2.16. The number of hydrogen-bond donors (Lipinski definition) is 2. The Labute approximate surface area is 164 Å². The minimum Gasteiger partial charge on any atom is -0.477 e. The average molecular weight is 402 g/mol. The highest BCUT2D eigenvalue weighted by Gasteiger charge is 2.60. The van der Waals surface area contributed by atoms with E-state index in [2.05, 4.69) is 4.98 Å². The van der Waals surface area contributed by atoms with Crippen molar-refractivity contribution in [1.82, 2.24) is 9.88 Å². The van der Waals surface area contributed by atoms with Crippen molar-refractivity contribution in [1.29, 1.82) is 0 Å². The summed E-state index contributed by atoms with van der Waals surface area (Å²) in [5, 5.41) is 21.5. The molecule has 2 aliphatic heterocycles. The summed E-state index contributed by atoms with van der Waals surface area (Å²) in [5.41, 5.74) is 1.86. The van der Waals surface area contributed by atoms with Gasteiger partial charge in [-0.2, -0.15) is 0 Å². The molecule has 0 aliphatic carbocycles. The lowest BCUT2D eigenvalue weighted by molar-refractivity contribution is -0.163. The topological polar surface area (TPSA) is 90.7 Å². The van der Waals surface area contributed by atoms with Gasteiger partial charge in [-0.25, -0.2) is 9.78 Å². The lowest BCUT2D eigenvalue weighted by Gasteiger charge is -2.46. The van der Waals surface area contributed by atoms with E-state index in [1.165, 1.54) is 28.0 Å². The van der Waals surface area contributed by atoms with Crippen LogP contribution in [0, 0.1) is 11.8 Å². The normalized spacial score (nSPS) is 25.4. The molecule has 1 fully saturated rings. The fourth-order valence-corrected chi connectivity index (χ4v) is 5.89. The van der Waals surface area contributed by atoms with E-state index in [4.69, 9.17) is 0 Å². The number of aliphatic hydroxyl groups is 1. The number of thioether (sulfide) groups is 1. The molecular weight excluding hydrogens is 384 g/mol. The van der Waals surface area contributed by atoms with E-state index >= 15 is 0 Å². The summed E-state index contributed by atoms with van der Waals surface area (Å²) in [6, 6.07) is 9.47. The van der Waals surface area contributed by atoms with Gasteiger partial charge < -0.3 is 15.1 Å². The third-order valence-electron chi connectivity index (χ3n) is 5.06. The Kier molecular flexibility index (Phi) is 4.57. The molecular formula is C19H18N2O4S2. The molecule has 8 heteroatoms. The first-order valence-corrected chi connectivity index (χ1v) is 10.3. The first-order chi connectivity index (χ1) is 12.9. The van der Waals surface area contributed by atoms with E-state index in [1.807, 2.05) is 42.6 Å². The molecule has 4 atom stereocenters. The Balaban J connectivity index is 1.64. The molecule has 27 heavy (non-hydrogen) atoms. The maximum absolute atomic E-state index is 12.4. The molecule has 0 bridgehead atoms. The van der Waals surface area contributed by atoms with Gasteiger partial charge in [-0.15, -0.1) is 11.3 Å². The monoisotopic (exact) mass is 402 g/mol. The molecule has 6 nitrogen and oxygen atoms in total. The summed E-state index contributed by atoms with van der Waals surface area (Å²) in [6.07, 6.45) is -0.801. The van der Waals surface area contributed by atoms with E-state index in [0.717, 1.165) is 15.6 Å². The van der Waals surface area contributed by atoms with E-state index in [0.29, 0.717) is 4.91 Å². The number of aliphatic hydroxyl groups excluding tert-OH is 1. The Morgan fingerprint density at radius 3 is 2.67 bits per heavy atom. The molecule has 1 saturated heterocycles. The van der Waals surface area contributed by atoms with Crippen LogP contribution in [0.4, 0.5) is 0 Å². The fourth-order valence-electron chi connectivity index (χ4n) is 3.80. The van der Waals surface area contributed by atoms with Crippen molar-refractivity contribution in [3.05, 3.63) is 46.3 Å². The molecule has 4 rings (SSSR count). The highest BCUT2D eigenvalue weighted by Crippen LogP contribution is 2.52. The molecule has 1 aromatic carbocycles. The van der Waals surface area contributed by atoms with Crippen molar-refractivity contribution in [3.8, 4) is 11.3 Å².